The Hall–Kier alpha value is -1.92. The van der Waals surface area contributed by atoms with Crippen LogP contribution < -0.4 is 0 Å². The van der Waals surface area contributed by atoms with E-state index < -0.39 is 35.9 Å². The Kier molecular flexibility index (Phi) is 9.38. The van der Waals surface area contributed by atoms with Gasteiger partial charge in [-0.3, -0.25) is 9.59 Å². The molecule has 0 radical (unpaired) electrons. The minimum atomic E-state index is -1.23. The quantitative estimate of drug-likeness (QED) is 0.462. The van der Waals surface area contributed by atoms with E-state index in [-0.39, 0.29) is 12.8 Å². The smallest absolute Gasteiger partial charge is 0.303 e. The first-order chi connectivity index (χ1) is 11.4. The summed E-state index contributed by atoms with van der Waals surface area (Å²) < 4.78 is 10.5. The molecule has 25 heavy (non-hydrogen) atoms. The molecule has 0 aliphatic carbocycles. The van der Waals surface area contributed by atoms with Crippen LogP contribution in [0.3, 0.4) is 0 Å². The predicted molar refractivity (Wildman–Crippen MR) is 95.7 cm³/mol. The molecule has 0 bridgehead atoms. The lowest BCUT2D eigenvalue weighted by Crippen LogP contribution is -2.30. The van der Waals surface area contributed by atoms with Gasteiger partial charge in [-0.15, -0.1) is 6.58 Å². The molecule has 0 aliphatic rings. The molecule has 6 nitrogen and oxygen atoms in total. The van der Waals surface area contributed by atoms with E-state index in [9.17, 15) is 19.8 Å². The van der Waals surface area contributed by atoms with Crippen LogP contribution in [0.4, 0.5) is 0 Å². The molecule has 142 valence electrons. The number of carbonyl (C=O) groups is 2. The van der Waals surface area contributed by atoms with Crippen molar-refractivity contribution in [2.75, 3.05) is 0 Å². The van der Waals surface area contributed by atoms with E-state index in [1.165, 1.54) is 19.9 Å². The second-order valence-corrected chi connectivity index (χ2v) is 6.52. The molecule has 0 heterocycles. The Morgan fingerprint density at radius 2 is 1.68 bits per heavy atom. The molecule has 0 amide bonds. The van der Waals surface area contributed by atoms with E-state index in [0.29, 0.717) is 11.1 Å². The minimum Gasteiger partial charge on any atom is -0.458 e. The summed E-state index contributed by atoms with van der Waals surface area (Å²) in [7, 11) is 0. The number of hydrogen-bond acceptors (Lipinski definition) is 6. The van der Waals surface area contributed by atoms with Crippen LogP contribution in [0.25, 0.3) is 0 Å². The monoisotopic (exact) mass is 354 g/mol. The van der Waals surface area contributed by atoms with Gasteiger partial charge in [0.1, 0.15) is 12.2 Å². The van der Waals surface area contributed by atoms with E-state index in [1.54, 1.807) is 26.8 Å². The van der Waals surface area contributed by atoms with E-state index in [0.717, 1.165) is 0 Å². The van der Waals surface area contributed by atoms with E-state index >= 15 is 0 Å². The van der Waals surface area contributed by atoms with Gasteiger partial charge in [-0.2, -0.15) is 0 Å². The fourth-order valence-electron chi connectivity index (χ4n) is 2.17. The zero-order valence-corrected chi connectivity index (χ0v) is 15.7. The van der Waals surface area contributed by atoms with E-state index in [4.69, 9.17) is 9.47 Å². The molecule has 0 saturated carbocycles. The third-order valence-corrected chi connectivity index (χ3v) is 3.64. The molecule has 0 aliphatic heterocycles. The number of rotatable bonds is 10. The van der Waals surface area contributed by atoms with Gasteiger partial charge in [-0.05, 0) is 32.4 Å². The molecule has 0 rings (SSSR count). The fraction of sp³-hybridized carbons (Fsp3) is 0.579. The first-order valence-corrected chi connectivity index (χ1v) is 8.10. The lowest BCUT2D eigenvalue weighted by Gasteiger charge is -2.26. The Bertz CT molecular complexity index is 532. The van der Waals surface area contributed by atoms with Crippen LogP contribution in [-0.2, 0) is 19.1 Å². The highest BCUT2D eigenvalue weighted by Gasteiger charge is 2.26. The first kappa shape index (κ1) is 23.1. The lowest BCUT2D eigenvalue weighted by molar-refractivity contribution is -0.147. The molecule has 0 unspecified atom stereocenters. The van der Waals surface area contributed by atoms with Crippen molar-refractivity contribution in [3.63, 3.8) is 0 Å². The van der Waals surface area contributed by atoms with Crippen molar-refractivity contribution in [3.05, 3.63) is 36.5 Å². The van der Waals surface area contributed by atoms with Crippen molar-refractivity contribution < 1.29 is 29.3 Å². The summed E-state index contributed by atoms with van der Waals surface area (Å²) in [5, 5.41) is 20.2. The van der Waals surface area contributed by atoms with Crippen LogP contribution in [0, 0.1) is 0 Å². The minimum absolute atomic E-state index is 0.100. The second-order valence-electron chi connectivity index (χ2n) is 6.52. The van der Waals surface area contributed by atoms with Gasteiger partial charge < -0.3 is 19.7 Å². The van der Waals surface area contributed by atoms with Gasteiger partial charge in [0.05, 0.1) is 11.7 Å². The van der Waals surface area contributed by atoms with Gasteiger partial charge in [0.15, 0.2) is 0 Å². The van der Waals surface area contributed by atoms with E-state index in [1.807, 2.05) is 0 Å². The largest absolute Gasteiger partial charge is 0.458 e. The second kappa shape index (κ2) is 10.2. The average molecular weight is 354 g/mol. The molecule has 0 aromatic rings. The van der Waals surface area contributed by atoms with Gasteiger partial charge in [0, 0.05) is 26.7 Å². The first-order valence-electron chi connectivity index (χ1n) is 8.10. The summed E-state index contributed by atoms with van der Waals surface area (Å²) in [5.41, 5.74) is -0.0805. The zero-order chi connectivity index (χ0) is 19.8. The third kappa shape index (κ3) is 9.84. The molecule has 0 saturated heterocycles. The van der Waals surface area contributed by atoms with Crippen LogP contribution in [0.1, 0.15) is 47.5 Å². The van der Waals surface area contributed by atoms with Crippen molar-refractivity contribution in [2.24, 2.45) is 0 Å². The van der Waals surface area contributed by atoms with Crippen molar-refractivity contribution in [1.82, 2.24) is 0 Å². The topological polar surface area (TPSA) is 93.1 Å². The highest BCUT2D eigenvalue weighted by molar-refractivity contribution is 5.67. The number of hydrogen-bond donors (Lipinski definition) is 2. The molecule has 0 spiro atoms. The van der Waals surface area contributed by atoms with Crippen LogP contribution in [0.5, 0.6) is 0 Å². The maximum Gasteiger partial charge on any atom is 0.303 e. The van der Waals surface area contributed by atoms with Gasteiger partial charge in [-0.25, -0.2) is 0 Å². The number of carbonyl (C=O) groups excluding carboxylic acids is 2. The highest BCUT2D eigenvalue weighted by Crippen LogP contribution is 2.22. The maximum atomic E-state index is 11.4. The summed E-state index contributed by atoms with van der Waals surface area (Å²) in [5.74, 6) is -0.992. The van der Waals surface area contributed by atoms with E-state index in [2.05, 4.69) is 13.2 Å². The van der Waals surface area contributed by atoms with Crippen LogP contribution in [0.2, 0.25) is 0 Å². The van der Waals surface area contributed by atoms with Gasteiger partial charge in [0.25, 0.3) is 0 Å². The van der Waals surface area contributed by atoms with Gasteiger partial charge in [0.2, 0.25) is 0 Å². The highest BCUT2D eigenvalue weighted by atomic mass is 16.5. The fourth-order valence-corrected chi connectivity index (χ4v) is 2.17. The molecule has 0 aromatic heterocycles. The van der Waals surface area contributed by atoms with Crippen LogP contribution in [-0.4, -0.2) is 46.1 Å². The Labute approximate surface area is 149 Å². The predicted octanol–water partition coefficient (Wildman–Crippen LogP) is 2.45. The standard InChI is InChI=1S/C19H30O6/c1-8-19(7,23)11-16(24-14(5)20)9-13(4)18(25-15(6)21)10-17(22)12(2)3/h8-9,16-18,22-23H,1-2,10-11H2,3-7H3/b13-9+/t16-,17-,18-,19-/m1/s1. The molecule has 0 fully saturated rings. The normalized spacial score (nSPS) is 17.6. The molecular formula is C19H30O6. The molecule has 0 aromatic carbocycles. The molecule has 2 N–H and O–H groups in total. The summed E-state index contributed by atoms with van der Waals surface area (Å²) in [6.45, 7) is 14.7. The lowest BCUT2D eigenvalue weighted by atomic mass is 9.95. The van der Waals surface area contributed by atoms with Crippen molar-refractivity contribution in [2.45, 2.75) is 71.4 Å². The van der Waals surface area contributed by atoms with Gasteiger partial charge in [-0.1, -0.05) is 18.2 Å². The summed E-state index contributed by atoms with van der Waals surface area (Å²) in [6, 6.07) is 0. The van der Waals surface area contributed by atoms with Crippen molar-refractivity contribution in [1.29, 1.82) is 0 Å². The van der Waals surface area contributed by atoms with Gasteiger partial charge >= 0.3 is 11.9 Å². The summed E-state index contributed by atoms with van der Waals surface area (Å²) >= 11 is 0. The molecule has 4 atom stereocenters. The van der Waals surface area contributed by atoms with Crippen molar-refractivity contribution >= 4 is 11.9 Å². The van der Waals surface area contributed by atoms with Crippen LogP contribution in [0.15, 0.2) is 36.5 Å². The van der Waals surface area contributed by atoms with Crippen LogP contribution >= 0.6 is 0 Å². The number of aliphatic hydroxyl groups is 2. The molecular weight excluding hydrogens is 324 g/mol. The Morgan fingerprint density at radius 1 is 1.16 bits per heavy atom. The number of esters is 2. The zero-order valence-electron chi connectivity index (χ0n) is 15.7. The average Bonchev–Trinajstić information content (AvgIpc) is 2.44. The third-order valence-electron chi connectivity index (χ3n) is 3.64. The maximum absolute atomic E-state index is 11.4. The SMILES string of the molecule is C=C[C@@](C)(O)C[C@@H](/C=C(\C)[C@@H](C[C@@H](O)C(=C)C)OC(C)=O)OC(C)=O. The van der Waals surface area contributed by atoms with Crippen molar-refractivity contribution in [3.8, 4) is 0 Å². The Balaban J connectivity index is 5.48. The molecule has 6 heteroatoms. The summed E-state index contributed by atoms with van der Waals surface area (Å²) in [6.07, 6.45) is 0.947. The Morgan fingerprint density at radius 3 is 2.08 bits per heavy atom. The summed E-state index contributed by atoms with van der Waals surface area (Å²) in [4.78, 5) is 22.7. The number of ether oxygens (including phenoxy) is 2. The number of aliphatic hydroxyl groups excluding tert-OH is 1.